The number of halogens is 2. The number of alkyl halides is 1. The summed E-state index contributed by atoms with van der Waals surface area (Å²) in [5.41, 5.74) is 0.682. The lowest BCUT2D eigenvalue weighted by Crippen LogP contribution is -2.18. The maximum absolute atomic E-state index is 11.5. The molecule has 17 heavy (non-hydrogen) atoms. The van der Waals surface area contributed by atoms with Gasteiger partial charge in [0.25, 0.3) is 0 Å². The Labute approximate surface area is 112 Å². The van der Waals surface area contributed by atoms with Gasteiger partial charge in [0, 0.05) is 0 Å². The van der Waals surface area contributed by atoms with Crippen molar-refractivity contribution in [2.24, 2.45) is 0 Å². The van der Waals surface area contributed by atoms with Crippen LogP contribution in [-0.2, 0) is 14.2 Å². The van der Waals surface area contributed by atoms with Gasteiger partial charge >= 0.3 is 0 Å². The molecule has 2 aromatic rings. The highest BCUT2D eigenvalue weighted by Crippen LogP contribution is 2.37. The Morgan fingerprint density at radius 3 is 2.41 bits per heavy atom. The summed E-state index contributed by atoms with van der Waals surface area (Å²) in [4.78, 5) is 0. The van der Waals surface area contributed by atoms with E-state index in [1.165, 1.54) is 6.08 Å². The fourth-order valence-corrected chi connectivity index (χ4v) is 2.69. The first kappa shape index (κ1) is 12.6. The predicted molar refractivity (Wildman–Crippen MR) is 75.7 cm³/mol. The summed E-state index contributed by atoms with van der Waals surface area (Å²) in [5, 5.41) is 2.12. The Hall–Kier alpha value is -0.830. The molecule has 0 amide bonds. The number of hydrogen-bond acceptors (Lipinski definition) is 1. The SMILES string of the molecule is C=CC(Cl)(c1ccc2ccccc2c1)S(=O)Cl. The third-order valence-electron chi connectivity index (χ3n) is 2.64. The van der Waals surface area contributed by atoms with E-state index in [9.17, 15) is 4.21 Å². The highest BCUT2D eigenvalue weighted by molar-refractivity contribution is 8.10. The number of rotatable bonds is 3. The molecule has 0 aromatic heterocycles. The Bertz CT molecular complexity index is 597. The van der Waals surface area contributed by atoms with Crippen LogP contribution in [0.5, 0.6) is 0 Å². The maximum Gasteiger partial charge on any atom is 0.177 e. The van der Waals surface area contributed by atoms with E-state index in [1.54, 1.807) is 0 Å². The maximum atomic E-state index is 11.5. The third kappa shape index (κ3) is 2.25. The van der Waals surface area contributed by atoms with Crippen LogP contribution in [-0.4, -0.2) is 4.21 Å². The third-order valence-corrected chi connectivity index (χ3v) is 5.27. The summed E-state index contributed by atoms with van der Waals surface area (Å²) in [6.07, 6.45) is 1.40. The largest absolute Gasteiger partial charge is 0.240 e. The van der Waals surface area contributed by atoms with E-state index in [-0.39, 0.29) is 0 Å². The molecule has 2 rings (SSSR count). The molecule has 0 bridgehead atoms. The summed E-state index contributed by atoms with van der Waals surface area (Å²) in [6, 6.07) is 13.5. The zero-order valence-corrected chi connectivity index (χ0v) is 11.2. The summed E-state index contributed by atoms with van der Waals surface area (Å²) >= 11 is 6.23. The van der Waals surface area contributed by atoms with Crippen LogP contribution < -0.4 is 0 Å². The lowest BCUT2D eigenvalue weighted by atomic mass is 10.0. The van der Waals surface area contributed by atoms with Crippen LogP contribution in [0.2, 0.25) is 0 Å². The van der Waals surface area contributed by atoms with E-state index in [0.29, 0.717) is 5.56 Å². The minimum absolute atomic E-state index is 0.682. The van der Waals surface area contributed by atoms with Crippen molar-refractivity contribution >= 4 is 43.1 Å². The molecule has 0 aliphatic heterocycles. The van der Waals surface area contributed by atoms with Crippen LogP contribution in [0.1, 0.15) is 5.56 Å². The molecule has 0 saturated carbocycles. The van der Waals surface area contributed by atoms with Crippen LogP contribution in [0.25, 0.3) is 10.8 Å². The standard InChI is InChI=1S/C13H10Cl2OS/c1-2-13(14,17(15)16)12-8-7-10-5-3-4-6-11(10)9-12/h2-9H,1H2. The Kier molecular flexibility index (Phi) is 3.57. The quantitative estimate of drug-likeness (QED) is 0.466. The Balaban J connectivity index is 2.63. The van der Waals surface area contributed by atoms with Crippen molar-refractivity contribution in [1.82, 2.24) is 0 Å². The first-order valence-corrected chi connectivity index (χ1v) is 7.33. The zero-order chi connectivity index (χ0) is 12.5. The van der Waals surface area contributed by atoms with Gasteiger partial charge in [0.05, 0.1) is 0 Å². The van der Waals surface area contributed by atoms with Gasteiger partial charge in [0.1, 0.15) is 10.0 Å². The zero-order valence-electron chi connectivity index (χ0n) is 8.90. The molecule has 0 aliphatic rings. The molecule has 0 saturated heterocycles. The molecule has 0 spiro atoms. The normalized spacial score (nSPS) is 16.4. The van der Waals surface area contributed by atoms with Gasteiger partial charge in [-0.25, -0.2) is 4.21 Å². The van der Waals surface area contributed by atoms with Crippen LogP contribution in [0.3, 0.4) is 0 Å². The second-order valence-electron chi connectivity index (χ2n) is 3.63. The highest BCUT2D eigenvalue weighted by Gasteiger charge is 2.32. The summed E-state index contributed by atoms with van der Waals surface area (Å²) in [5.74, 6) is 0. The molecule has 88 valence electrons. The van der Waals surface area contributed by atoms with Gasteiger partial charge in [0.15, 0.2) is 4.21 Å². The van der Waals surface area contributed by atoms with E-state index < -0.39 is 14.2 Å². The molecule has 0 heterocycles. The van der Waals surface area contributed by atoms with Crippen molar-refractivity contribution in [2.75, 3.05) is 0 Å². The molecule has 4 heteroatoms. The number of hydrogen-bond donors (Lipinski definition) is 0. The number of fused-ring (bicyclic) bond motifs is 1. The molecule has 1 nitrogen and oxygen atoms in total. The first-order chi connectivity index (χ1) is 8.08. The lowest BCUT2D eigenvalue weighted by molar-refractivity contribution is 0.684. The van der Waals surface area contributed by atoms with Crippen LogP contribution >= 0.6 is 22.3 Å². The van der Waals surface area contributed by atoms with Crippen molar-refractivity contribution in [3.63, 3.8) is 0 Å². The molecule has 0 aliphatic carbocycles. The molecule has 0 fully saturated rings. The van der Waals surface area contributed by atoms with E-state index >= 15 is 0 Å². The fraction of sp³-hybridized carbons (Fsp3) is 0.0769. The molecule has 0 radical (unpaired) electrons. The Morgan fingerprint density at radius 1 is 1.18 bits per heavy atom. The molecule has 2 unspecified atom stereocenters. The topological polar surface area (TPSA) is 17.1 Å². The van der Waals surface area contributed by atoms with Crippen LogP contribution in [0, 0.1) is 0 Å². The van der Waals surface area contributed by atoms with E-state index in [1.807, 2.05) is 42.5 Å². The fourth-order valence-electron chi connectivity index (χ4n) is 1.68. The first-order valence-electron chi connectivity index (χ1n) is 4.98. The van der Waals surface area contributed by atoms with Crippen LogP contribution in [0.4, 0.5) is 0 Å². The van der Waals surface area contributed by atoms with Gasteiger partial charge in [-0.1, -0.05) is 54.1 Å². The van der Waals surface area contributed by atoms with E-state index in [2.05, 4.69) is 6.58 Å². The lowest BCUT2D eigenvalue weighted by Gasteiger charge is -2.19. The minimum atomic E-state index is -1.74. The summed E-state index contributed by atoms with van der Waals surface area (Å²) < 4.78 is 10.3. The van der Waals surface area contributed by atoms with E-state index in [4.69, 9.17) is 22.3 Å². The molecule has 2 aromatic carbocycles. The molecule has 2 atom stereocenters. The Morgan fingerprint density at radius 2 is 1.82 bits per heavy atom. The average Bonchev–Trinajstić information content (AvgIpc) is 2.37. The van der Waals surface area contributed by atoms with Gasteiger partial charge < -0.3 is 0 Å². The average molecular weight is 285 g/mol. The van der Waals surface area contributed by atoms with Crippen molar-refractivity contribution in [2.45, 2.75) is 4.21 Å². The second-order valence-corrected chi connectivity index (χ2v) is 6.39. The summed E-state index contributed by atoms with van der Waals surface area (Å²) in [6.45, 7) is 3.60. The van der Waals surface area contributed by atoms with Gasteiger partial charge in [0.2, 0.25) is 0 Å². The van der Waals surface area contributed by atoms with Crippen molar-refractivity contribution < 1.29 is 4.21 Å². The van der Waals surface area contributed by atoms with Crippen molar-refractivity contribution in [3.05, 3.63) is 60.7 Å². The van der Waals surface area contributed by atoms with Gasteiger partial charge in [-0.15, -0.1) is 6.58 Å². The predicted octanol–water partition coefficient (Wildman–Crippen LogP) is 4.32. The highest BCUT2D eigenvalue weighted by atomic mass is 35.7. The van der Waals surface area contributed by atoms with Crippen molar-refractivity contribution in [3.8, 4) is 0 Å². The van der Waals surface area contributed by atoms with Gasteiger partial charge in [-0.2, -0.15) is 0 Å². The number of benzene rings is 2. The minimum Gasteiger partial charge on any atom is -0.240 e. The molecular formula is C13H10Cl2OS. The van der Waals surface area contributed by atoms with Gasteiger partial charge in [-0.3, -0.25) is 0 Å². The van der Waals surface area contributed by atoms with Crippen molar-refractivity contribution in [1.29, 1.82) is 0 Å². The van der Waals surface area contributed by atoms with Gasteiger partial charge in [-0.05, 0) is 33.1 Å². The van der Waals surface area contributed by atoms with Crippen LogP contribution in [0.15, 0.2) is 55.1 Å². The summed E-state index contributed by atoms with van der Waals surface area (Å²) in [7, 11) is 3.90. The monoisotopic (exact) mass is 284 g/mol. The second kappa shape index (κ2) is 4.81. The smallest absolute Gasteiger partial charge is 0.177 e. The molecule has 0 N–H and O–H groups in total. The molecular weight excluding hydrogens is 275 g/mol. The van der Waals surface area contributed by atoms with E-state index in [0.717, 1.165) is 10.8 Å².